The molecule has 1 aromatic carbocycles. The molecular weight excluding hydrogens is 384 g/mol. The average molecular weight is 409 g/mol. The van der Waals surface area contributed by atoms with Gasteiger partial charge in [0.2, 0.25) is 10.0 Å². The number of rotatable bonds is 6. The van der Waals surface area contributed by atoms with Gasteiger partial charge in [-0.15, -0.1) is 0 Å². The molecular formula is C18H24N4O3S2. The summed E-state index contributed by atoms with van der Waals surface area (Å²) < 4.78 is 27.1. The van der Waals surface area contributed by atoms with Crippen LogP contribution in [-0.2, 0) is 10.0 Å². The Kier molecular flexibility index (Phi) is 6.23. The maximum Gasteiger partial charge on any atom is 0.253 e. The summed E-state index contributed by atoms with van der Waals surface area (Å²) in [6.07, 6.45) is 8.58. The summed E-state index contributed by atoms with van der Waals surface area (Å²) in [6.45, 7) is 1.65. The van der Waals surface area contributed by atoms with Crippen LogP contribution >= 0.6 is 11.8 Å². The Morgan fingerprint density at radius 2 is 2.07 bits per heavy atom. The summed E-state index contributed by atoms with van der Waals surface area (Å²) in [4.78, 5) is 18.9. The van der Waals surface area contributed by atoms with Crippen molar-refractivity contribution in [3.05, 3.63) is 42.2 Å². The Bertz CT molecular complexity index is 894. The zero-order chi connectivity index (χ0) is 19.4. The van der Waals surface area contributed by atoms with E-state index in [1.54, 1.807) is 18.0 Å². The van der Waals surface area contributed by atoms with Crippen molar-refractivity contribution < 1.29 is 13.2 Å². The molecule has 9 heteroatoms. The number of hydrogen-bond acceptors (Lipinski definition) is 5. The van der Waals surface area contributed by atoms with Crippen LogP contribution < -0.4 is 4.72 Å². The smallest absolute Gasteiger partial charge is 0.253 e. The van der Waals surface area contributed by atoms with Crippen molar-refractivity contribution in [3.8, 4) is 5.69 Å². The molecule has 1 aromatic heterocycles. The standard InChI is InChI=1S/C18H24N4O3S2/c1-26-18-19-9-11-22(18)16-7-5-15(6-8-16)17(23)21-10-3-4-14(13-21)12-20-27(2,24)25/h5-9,11,14,20H,3-4,10,12-13H2,1-2H3. The van der Waals surface area contributed by atoms with Gasteiger partial charge in [0.05, 0.1) is 6.26 Å². The summed E-state index contributed by atoms with van der Waals surface area (Å²) in [6, 6.07) is 7.50. The third kappa shape index (κ3) is 5.12. The SMILES string of the molecule is CSc1nccn1-c1ccc(C(=O)N2CCCC(CNS(C)(=O)=O)C2)cc1. The number of carbonyl (C=O) groups excluding carboxylic acids is 1. The summed E-state index contributed by atoms with van der Waals surface area (Å²) >= 11 is 1.56. The molecule has 1 unspecified atom stereocenters. The van der Waals surface area contributed by atoms with E-state index < -0.39 is 10.0 Å². The molecule has 2 aromatic rings. The number of likely N-dealkylation sites (tertiary alicyclic amines) is 1. The van der Waals surface area contributed by atoms with E-state index in [4.69, 9.17) is 0 Å². The van der Waals surface area contributed by atoms with Gasteiger partial charge >= 0.3 is 0 Å². The molecule has 1 atom stereocenters. The number of carbonyl (C=O) groups is 1. The number of aromatic nitrogens is 2. The lowest BCUT2D eigenvalue weighted by Gasteiger charge is -2.32. The molecule has 0 saturated carbocycles. The van der Waals surface area contributed by atoms with Gasteiger partial charge in [0.15, 0.2) is 5.16 Å². The van der Waals surface area contributed by atoms with Gasteiger partial charge < -0.3 is 4.90 Å². The van der Waals surface area contributed by atoms with E-state index in [1.165, 1.54) is 0 Å². The molecule has 1 fully saturated rings. The van der Waals surface area contributed by atoms with E-state index in [0.29, 0.717) is 25.2 Å². The second-order valence-corrected chi connectivity index (χ2v) is 9.32. The van der Waals surface area contributed by atoms with Gasteiger partial charge in [-0.2, -0.15) is 0 Å². The predicted octanol–water partition coefficient (Wildman–Crippen LogP) is 2.00. The molecule has 1 N–H and O–H groups in total. The minimum absolute atomic E-state index is 0.0127. The molecule has 0 radical (unpaired) electrons. The summed E-state index contributed by atoms with van der Waals surface area (Å²) in [5.74, 6) is 0.133. The van der Waals surface area contributed by atoms with E-state index in [9.17, 15) is 13.2 Å². The monoisotopic (exact) mass is 408 g/mol. The average Bonchev–Trinajstić information content (AvgIpc) is 3.14. The van der Waals surface area contributed by atoms with Crippen molar-refractivity contribution in [3.63, 3.8) is 0 Å². The number of nitrogens with one attached hydrogen (secondary N) is 1. The highest BCUT2D eigenvalue weighted by Crippen LogP contribution is 2.21. The van der Waals surface area contributed by atoms with E-state index in [0.717, 1.165) is 29.9 Å². The van der Waals surface area contributed by atoms with Crippen LogP contribution in [0.2, 0.25) is 0 Å². The highest BCUT2D eigenvalue weighted by molar-refractivity contribution is 7.98. The maximum absolute atomic E-state index is 12.8. The van der Waals surface area contributed by atoms with Gasteiger partial charge in [-0.25, -0.2) is 18.1 Å². The molecule has 1 amide bonds. The fourth-order valence-electron chi connectivity index (χ4n) is 3.27. The van der Waals surface area contributed by atoms with Crippen molar-refractivity contribution in [2.24, 2.45) is 5.92 Å². The molecule has 1 saturated heterocycles. The molecule has 3 rings (SSSR count). The van der Waals surface area contributed by atoms with Crippen LogP contribution in [0.1, 0.15) is 23.2 Å². The fourth-order valence-corrected chi connectivity index (χ4v) is 4.34. The van der Waals surface area contributed by atoms with Crippen molar-refractivity contribution in [1.82, 2.24) is 19.2 Å². The third-order valence-corrected chi connectivity index (χ3v) is 5.98. The van der Waals surface area contributed by atoms with Gasteiger partial charge in [-0.1, -0.05) is 11.8 Å². The number of piperidine rings is 1. The first-order chi connectivity index (χ1) is 12.9. The molecule has 1 aliphatic heterocycles. The van der Waals surface area contributed by atoms with E-state index >= 15 is 0 Å². The quantitative estimate of drug-likeness (QED) is 0.739. The fraction of sp³-hybridized carbons (Fsp3) is 0.444. The van der Waals surface area contributed by atoms with Crippen LogP contribution in [0, 0.1) is 5.92 Å². The maximum atomic E-state index is 12.8. The van der Waals surface area contributed by atoms with Crippen LogP contribution in [0.5, 0.6) is 0 Å². The zero-order valence-corrected chi connectivity index (χ0v) is 17.1. The van der Waals surface area contributed by atoms with Gasteiger partial charge in [0.1, 0.15) is 0 Å². The number of imidazole rings is 1. The normalized spacial score (nSPS) is 17.9. The predicted molar refractivity (Wildman–Crippen MR) is 107 cm³/mol. The Morgan fingerprint density at radius 1 is 1.33 bits per heavy atom. The highest BCUT2D eigenvalue weighted by Gasteiger charge is 2.25. The number of hydrogen-bond donors (Lipinski definition) is 1. The van der Waals surface area contributed by atoms with Crippen molar-refractivity contribution in [1.29, 1.82) is 0 Å². The van der Waals surface area contributed by atoms with Crippen LogP contribution in [0.3, 0.4) is 0 Å². The molecule has 2 heterocycles. The summed E-state index contributed by atoms with van der Waals surface area (Å²) in [5.41, 5.74) is 1.60. The Balaban J connectivity index is 1.66. The number of benzene rings is 1. The number of amides is 1. The molecule has 0 bridgehead atoms. The topological polar surface area (TPSA) is 84.3 Å². The molecule has 27 heavy (non-hydrogen) atoms. The van der Waals surface area contributed by atoms with Crippen LogP contribution in [-0.4, -0.2) is 60.9 Å². The van der Waals surface area contributed by atoms with Crippen LogP contribution in [0.25, 0.3) is 5.69 Å². The van der Waals surface area contributed by atoms with Crippen LogP contribution in [0.15, 0.2) is 41.8 Å². The van der Waals surface area contributed by atoms with E-state index in [-0.39, 0.29) is 11.8 Å². The highest BCUT2D eigenvalue weighted by atomic mass is 32.2. The third-order valence-electron chi connectivity index (χ3n) is 4.62. The molecule has 7 nitrogen and oxygen atoms in total. The second kappa shape index (κ2) is 8.45. The Hall–Kier alpha value is -1.84. The Morgan fingerprint density at radius 3 is 2.74 bits per heavy atom. The summed E-state index contributed by atoms with van der Waals surface area (Å²) in [5, 5.41) is 0.895. The minimum atomic E-state index is -3.21. The second-order valence-electron chi connectivity index (χ2n) is 6.71. The molecule has 0 aliphatic carbocycles. The first-order valence-corrected chi connectivity index (χ1v) is 11.9. The van der Waals surface area contributed by atoms with Crippen molar-refractivity contribution in [2.45, 2.75) is 18.0 Å². The number of sulfonamides is 1. The Labute approximate surface area is 164 Å². The van der Waals surface area contributed by atoms with Crippen molar-refractivity contribution in [2.75, 3.05) is 32.1 Å². The lowest BCUT2D eigenvalue weighted by atomic mass is 9.97. The zero-order valence-electron chi connectivity index (χ0n) is 15.5. The first kappa shape index (κ1) is 19.9. The van der Waals surface area contributed by atoms with Gasteiger partial charge in [-0.05, 0) is 49.3 Å². The minimum Gasteiger partial charge on any atom is -0.338 e. The lowest BCUT2D eigenvalue weighted by molar-refractivity contribution is 0.0676. The van der Waals surface area contributed by atoms with E-state index in [1.807, 2.05) is 46.2 Å². The van der Waals surface area contributed by atoms with E-state index in [2.05, 4.69) is 9.71 Å². The van der Waals surface area contributed by atoms with Gasteiger partial charge in [0.25, 0.3) is 5.91 Å². The lowest BCUT2D eigenvalue weighted by Crippen LogP contribution is -2.43. The number of thioether (sulfide) groups is 1. The molecule has 0 spiro atoms. The van der Waals surface area contributed by atoms with Crippen LogP contribution in [0.4, 0.5) is 0 Å². The summed E-state index contributed by atoms with van der Waals surface area (Å²) in [7, 11) is -3.21. The van der Waals surface area contributed by atoms with Crippen molar-refractivity contribution >= 4 is 27.7 Å². The molecule has 1 aliphatic rings. The van der Waals surface area contributed by atoms with Gasteiger partial charge in [0, 0.05) is 43.3 Å². The molecule has 146 valence electrons. The van der Waals surface area contributed by atoms with Gasteiger partial charge in [-0.3, -0.25) is 9.36 Å². The first-order valence-electron chi connectivity index (χ1n) is 8.79. The number of nitrogens with zero attached hydrogens (tertiary/aromatic N) is 3. The largest absolute Gasteiger partial charge is 0.338 e.